The van der Waals surface area contributed by atoms with Gasteiger partial charge in [0, 0.05) is 12.0 Å². The van der Waals surface area contributed by atoms with Crippen molar-refractivity contribution in [1.82, 2.24) is 4.90 Å². The van der Waals surface area contributed by atoms with E-state index in [9.17, 15) is 9.59 Å². The van der Waals surface area contributed by atoms with Crippen LogP contribution in [-0.4, -0.2) is 48.6 Å². The molecule has 0 aromatic heterocycles. The molecule has 0 unspecified atom stereocenters. The standard InChI is InChI=1S/C22H30N2O4/c1-6-7-11-14-22(21(26)28-5)15-18(27-4)23-19(16(2)3)24(22)20(25)17-12-9-8-10-13-17/h7-13,16,19H,6,14-15H2,1-5H3/b11-7+/t19-,22-/m0/s1. The maximum atomic E-state index is 13.6. The molecule has 1 heterocycles. The van der Waals surface area contributed by atoms with Crippen molar-refractivity contribution in [2.45, 2.75) is 51.7 Å². The molecule has 28 heavy (non-hydrogen) atoms. The summed E-state index contributed by atoms with van der Waals surface area (Å²) >= 11 is 0. The van der Waals surface area contributed by atoms with Crippen LogP contribution in [0.15, 0.2) is 47.5 Å². The number of esters is 1. The van der Waals surface area contributed by atoms with Gasteiger partial charge in [-0.1, -0.05) is 51.1 Å². The van der Waals surface area contributed by atoms with Gasteiger partial charge in [0.15, 0.2) is 11.4 Å². The Morgan fingerprint density at radius 2 is 1.93 bits per heavy atom. The Labute approximate surface area is 167 Å². The normalized spacial score (nSPS) is 22.3. The quantitative estimate of drug-likeness (QED) is 0.550. The number of rotatable bonds is 6. The Bertz CT molecular complexity index is 742. The van der Waals surface area contributed by atoms with Gasteiger partial charge < -0.3 is 9.47 Å². The first-order chi connectivity index (χ1) is 13.4. The molecule has 0 N–H and O–H groups in total. The van der Waals surface area contributed by atoms with Crippen molar-refractivity contribution in [2.75, 3.05) is 14.2 Å². The molecule has 0 bridgehead atoms. The molecule has 0 saturated carbocycles. The van der Waals surface area contributed by atoms with Crippen molar-refractivity contribution in [3.8, 4) is 0 Å². The molecule has 0 spiro atoms. The van der Waals surface area contributed by atoms with Crippen LogP contribution in [0.4, 0.5) is 0 Å². The van der Waals surface area contributed by atoms with Crippen LogP contribution in [0.25, 0.3) is 0 Å². The Morgan fingerprint density at radius 3 is 2.46 bits per heavy atom. The van der Waals surface area contributed by atoms with Crippen molar-refractivity contribution in [2.24, 2.45) is 10.9 Å². The van der Waals surface area contributed by atoms with Gasteiger partial charge in [-0.2, -0.15) is 0 Å². The maximum absolute atomic E-state index is 13.6. The Hall–Kier alpha value is -2.63. The van der Waals surface area contributed by atoms with Crippen LogP contribution >= 0.6 is 0 Å². The summed E-state index contributed by atoms with van der Waals surface area (Å²) in [7, 11) is 2.89. The molecule has 2 atom stereocenters. The van der Waals surface area contributed by atoms with E-state index in [2.05, 4.69) is 4.99 Å². The summed E-state index contributed by atoms with van der Waals surface area (Å²) in [4.78, 5) is 32.9. The SMILES string of the molecule is CC/C=C/C[C@@]1(C(=O)OC)CC(OC)=N[C@H](C(C)C)N1C(=O)c1ccccc1. The number of allylic oxidation sites excluding steroid dienone is 1. The minimum atomic E-state index is -1.21. The second-order valence-electron chi connectivity index (χ2n) is 7.21. The van der Waals surface area contributed by atoms with E-state index in [-0.39, 0.29) is 18.2 Å². The van der Waals surface area contributed by atoms with Gasteiger partial charge in [0.1, 0.15) is 6.17 Å². The first-order valence-electron chi connectivity index (χ1n) is 9.64. The molecule has 0 saturated heterocycles. The van der Waals surface area contributed by atoms with Gasteiger partial charge in [0.25, 0.3) is 5.91 Å². The number of amides is 1. The summed E-state index contributed by atoms with van der Waals surface area (Å²) in [5, 5.41) is 0. The summed E-state index contributed by atoms with van der Waals surface area (Å²) in [6.07, 6.45) is 4.72. The zero-order chi connectivity index (χ0) is 20.7. The molecule has 152 valence electrons. The monoisotopic (exact) mass is 386 g/mol. The highest BCUT2D eigenvalue weighted by molar-refractivity contribution is 6.01. The number of methoxy groups -OCH3 is 2. The molecule has 1 aromatic rings. The number of carbonyl (C=O) groups is 2. The second kappa shape index (κ2) is 9.53. The average Bonchev–Trinajstić information content (AvgIpc) is 2.72. The number of benzene rings is 1. The van der Waals surface area contributed by atoms with Gasteiger partial charge in [0.2, 0.25) is 0 Å². The fraction of sp³-hybridized carbons (Fsp3) is 0.500. The van der Waals surface area contributed by atoms with Gasteiger partial charge in [0.05, 0.1) is 20.6 Å². The lowest BCUT2D eigenvalue weighted by Crippen LogP contribution is -2.65. The molecule has 1 aliphatic heterocycles. The smallest absolute Gasteiger partial charge is 0.332 e. The average molecular weight is 386 g/mol. The van der Waals surface area contributed by atoms with E-state index in [1.807, 2.05) is 51.1 Å². The second-order valence-corrected chi connectivity index (χ2v) is 7.21. The fourth-order valence-corrected chi connectivity index (χ4v) is 3.51. The summed E-state index contributed by atoms with van der Waals surface area (Å²) in [6, 6.07) is 8.97. The number of carbonyl (C=O) groups excluding carboxylic acids is 2. The van der Waals surface area contributed by atoms with E-state index in [0.717, 1.165) is 6.42 Å². The first-order valence-corrected chi connectivity index (χ1v) is 9.64. The molecule has 0 aliphatic carbocycles. The molecule has 0 radical (unpaired) electrons. The minimum absolute atomic E-state index is 0.0164. The van der Waals surface area contributed by atoms with Crippen LogP contribution in [0.3, 0.4) is 0 Å². The molecule has 0 fully saturated rings. The van der Waals surface area contributed by atoms with E-state index in [0.29, 0.717) is 17.9 Å². The van der Waals surface area contributed by atoms with Crippen molar-refractivity contribution in [3.05, 3.63) is 48.0 Å². The maximum Gasteiger partial charge on any atom is 0.332 e. The third-order valence-corrected chi connectivity index (χ3v) is 4.94. The molecule has 1 aliphatic rings. The molecular formula is C22H30N2O4. The van der Waals surface area contributed by atoms with Crippen molar-refractivity contribution in [1.29, 1.82) is 0 Å². The molecule has 1 aromatic carbocycles. The zero-order valence-electron chi connectivity index (χ0n) is 17.3. The lowest BCUT2D eigenvalue weighted by Gasteiger charge is -2.48. The number of ether oxygens (including phenoxy) is 2. The van der Waals surface area contributed by atoms with E-state index in [4.69, 9.17) is 9.47 Å². The van der Waals surface area contributed by atoms with Gasteiger partial charge >= 0.3 is 5.97 Å². The Kier molecular flexibility index (Phi) is 7.38. The van der Waals surface area contributed by atoms with E-state index < -0.39 is 17.7 Å². The topological polar surface area (TPSA) is 68.2 Å². The molecular weight excluding hydrogens is 356 g/mol. The molecule has 1 amide bonds. The van der Waals surface area contributed by atoms with Crippen LogP contribution in [0.5, 0.6) is 0 Å². The fourth-order valence-electron chi connectivity index (χ4n) is 3.51. The Balaban J connectivity index is 2.67. The van der Waals surface area contributed by atoms with E-state index >= 15 is 0 Å². The number of aliphatic imine (C=N–C) groups is 1. The van der Waals surface area contributed by atoms with Gasteiger partial charge in [-0.3, -0.25) is 9.69 Å². The summed E-state index contributed by atoms with van der Waals surface area (Å²) < 4.78 is 10.6. The number of hydrogen-bond acceptors (Lipinski definition) is 5. The predicted molar refractivity (Wildman–Crippen MR) is 109 cm³/mol. The molecule has 2 rings (SSSR count). The van der Waals surface area contributed by atoms with Crippen LogP contribution in [-0.2, 0) is 14.3 Å². The lowest BCUT2D eigenvalue weighted by molar-refractivity contribution is -0.156. The van der Waals surface area contributed by atoms with Crippen molar-refractivity contribution < 1.29 is 19.1 Å². The third-order valence-electron chi connectivity index (χ3n) is 4.94. The van der Waals surface area contributed by atoms with Crippen LogP contribution in [0.1, 0.15) is 50.4 Å². The van der Waals surface area contributed by atoms with Crippen LogP contribution < -0.4 is 0 Å². The highest BCUT2D eigenvalue weighted by Crippen LogP contribution is 2.37. The van der Waals surface area contributed by atoms with Crippen LogP contribution in [0.2, 0.25) is 0 Å². The van der Waals surface area contributed by atoms with Gasteiger partial charge in [-0.05, 0) is 24.5 Å². The first kappa shape index (κ1) is 21.7. The Morgan fingerprint density at radius 1 is 1.25 bits per heavy atom. The number of nitrogens with zero attached hydrogens (tertiary/aromatic N) is 2. The van der Waals surface area contributed by atoms with Gasteiger partial charge in [-0.25, -0.2) is 9.79 Å². The summed E-state index contributed by atoms with van der Waals surface area (Å²) in [6.45, 7) is 5.97. The van der Waals surface area contributed by atoms with E-state index in [1.165, 1.54) is 14.2 Å². The molecule has 6 heteroatoms. The summed E-state index contributed by atoms with van der Waals surface area (Å²) in [5.74, 6) is -0.274. The minimum Gasteiger partial charge on any atom is -0.484 e. The summed E-state index contributed by atoms with van der Waals surface area (Å²) in [5.41, 5.74) is -0.702. The van der Waals surface area contributed by atoms with E-state index in [1.54, 1.807) is 17.0 Å². The highest BCUT2D eigenvalue weighted by atomic mass is 16.5. The highest BCUT2D eigenvalue weighted by Gasteiger charge is 2.54. The van der Waals surface area contributed by atoms with Crippen molar-refractivity contribution >= 4 is 17.8 Å². The lowest BCUT2D eigenvalue weighted by atomic mass is 9.84. The largest absolute Gasteiger partial charge is 0.484 e. The van der Waals surface area contributed by atoms with Gasteiger partial charge in [-0.15, -0.1) is 0 Å². The zero-order valence-corrected chi connectivity index (χ0v) is 17.3. The number of hydrogen-bond donors (Lipinski definition) is 0. The van der Waals surface area contributed by atoms with Crippen molar-refractivity contribution in [3.63, 3.8) is 0 Å². The third kappa shape index (κ3) is 4.26. The predicted octanol–water partition coefficient (Wildman–Crippen LogP) is 3.83. The van der Waals surface area contributed by atoms with Crippen LogP contribution in [0, 0.1) is 5.92 Å². The molecule has 6 nitrogen and oxygen atoms in total.